The van der Waals surface area contributed by atoms with Crippen molar-refractivity contribution in [2.45, 2.75) is 31.9 Å². The van der Waals surface area contributed by atoms with E-state index in [1.54, 1.807) is 30.3 Å². The van der Waals surface area contributed by atoms with Crippen molar-refractivity contribution in [3.8, 4) is 5.75 Å². The molecule has 5 nitrogen and oxygen atoms in total. The molecule has 2 atom stereocenters. The number of hydrogen-bond donors (Lipinski definition) is 1. The molecule has 3 aromatic carbocycles. The van der Waals surface area contributed by atoms with Gasteiger partial charge in [-0.15, -0.1) is 0 Å². The molecule has 35 heavy (non-hydrogen) atoms. The molecule has 1 N–H and O–H groups in total. The normalized spacial score (nSPS) is 20.7. The second-order valence-corrected chi connectivity index (χ2v) is 9.67. The molecule has 0 radical (unpaired) electrons. The third-order valence-corrected chi connectivity index (χ3v) is 7.19. The van der Waals surface area contributed by atoms with Gasteiger partial charge in [-0.3, -0.25) is 9.59 Å². The Hall–Kier alpha value is -3.28. The van der Waals surface area contributed by atoms with Gasteiger partial charge in [-0.2, -0.15) is 0 Å². The van der Waals surface area contributed by atoms with Crippen molar-refractivity contribution in [2.24, 2.45) is 0 Å². The van der Waals surface area contributed by atoms with Gasteiger partial charge in [-0.25, -0.2) is 0 Å². The van der Waals surface area contributed by atoms with Crippen LogP contribution in [0.4, 0.5) is 0 Å². The van der Waals surface area contributed by atoms with E-state index >= 15 is 0 Å². The Bertz CT molecular complexity index is 1350. The number of Topliss-reactive ketones (excluding diaryl/α,β-unsaturated/α-hetero) is 1. The highest BCUT2D eigenvalue weighted by Crippen LogP contribution is 2.42. The molecule has 0 saturated carbocycles. The molecule has 1 saturated heterocycles. The van der Waals surface area contributed by atoms with Gasteiger partial charge in [0.1, 0.15) is 17.6 Å². The fourth-order valence-corrected chi connectivity index (χ4v) is 5.07. The van der Waals surface area contributed by atoms with E-state index < -0.39 is 17.7 Å². The summed E-state index contributed by atoms with van der Waals surface area (Å²) in [5.41, 5.74) is 3.09. The summed E-state index contributed by atoms with van der Waals surface area (Å²) in [4.78, 5) is 28.0. The average molecular weight is 508 g/mol. The third-order valence-electron chi connectivity index (χ3n) is 6.45. The second kappa shape index (κ2) is 9.40. The molecule has 0 bridgehead atoms. The maximum absolute atomic E-state index is 13.3. The molecule has 3 aromatic rings. The number of ether oxygens (including phenoxy) is 1. The molecule has 7 heteroatoms. The molecule has 2 aliphatic heterocycles. The summed E-state index contributed by atoms with van der Waals surface area (Å²) in [5, 5.41) is 12.0. The second-order valence-electron chi connectivity index (χ2n) is 8.86. The maximum atomic E-state index is 13.3. The van der Waals surface area contributed by atoms with E-state index in [4.69, 9.17) is 27.9 Å². The van der Waals surface area contributed by atoms with Crippen LogP contribution in [0.25, 0.3) is 5.76 Å². The monoisotopic (exact) mass is 507 g/mol. The number of likely N-dealkylation sites (tertiary alicyclic amines) is 1. The van der Waals surface area contributed by atoms with Crippen LogP contribution in [0.2, 0.25) is 10.0 Å². The topological polar surface area (TPSA) is 66.8 Å². The van der Waals surface area contributed by atoms with Crippen molar-refractivity contribution in [3.63, 3.8) is 0 Å². The van der Waals surface area contributed by atoms with Crippen LogP contribution in [-0.4, -0.2) is 34.3 Å². The van der Waals surface area contributed by atoms with E-state index in [9.17, 15) is 14.7 Å². The zero-order valence-corrected chi connectivity index (χ0v) is 20.5. The van der Waals surface area contributed by atoms with E-state index in [1.165, 1.54) is 4.90 Å². The third kappa shape index (κ3) is 4.42. The number of aliphatic hydroxyl groups is 1. The molecule has 0 unspecified atom stereocenters. The number of aliphatic hydroxyl groups excluding tert-OH is 1. The fourth-order valence-electron chi connectivity index (χ4n) is 4.76. The minimum atomic E-state index is -0.795. The van der Waals surface area contributed by atoms with Crippen molar-refractivity contribution in [1.29, 1.82) is 0 Å². The SMILES string of the molecule is C[C@H]1Cc2cc(C(O)=C3C(=O)C(=O)N(CCc4ccccc4)[C@@H]3c3ccc(Cl)c(Cl)c3)ccc2O1. The number of carbonyl (C=O) groups excluding carboxylic acids is 2. The smallest absolute Gasteiger partial charge is 0.295 e. The Morgan fingerprint density at radius 2 is 1.80 bits per heavy atom. The van der Waals surface area contributed by atoms with Crippen LogP contribution in [0.15, 0.2) is 72.3 Å². The molecule has 0 spiro atoms. The molecule has 2 heterocycles. The van der Waals surface area contributed by atoms with Gasteiger partial charge in [-0.05, 0) is 60.4 Å². The number of hydrogen-bond acceptors (Lipinski definition) is 4. The number of carbonyl (C=O) groups is 2. The van der Waals surface area contributed by atoms with Crippen LogP contribution in [0.1, 0.15) is 35.2 Å². The number of ketones is 1. The standard InChI is InChI=1S/C28H23Cl2NO4/c1-16-13-20-14-19(8-10-23(20)35-16)26(32)24-25(18-7-9-21(29)22(30)15-18)31(28(34)27(24)33)12-11-17-5-3-2-4-6-17/h2-10,14-16,25,32H,11-13H2,1H3/t16-,25+/m0/s1. The number of halogens is 2. The van der Waals surface area contributed by atoms with Crippen LogP contribution in [0, 0.1) is 0 Å². The summed E-state index contributed by atoms with van der Waals surface area (Å²) >= 11 is 12.4. The summed E-state index contributed by atoms with van der Waals surface area (Å²) in [5.74, 6) is -0.837. The van der Waals surface area contributed by atoms with Gasteiger partial charge in [0.05, 0.1) is 21.7 Å². The van der Waals surface area contributed by atoms with E-state index in [-0.39, 0.29) is 17.4 Å². The number of benzene rings is 3. The quantitative estimate of drug-likeness (QED) is 0.262. The Labute approximate surface area is 213 Å². The van der Waals surface area contributed by atoms with Gasteiger partial charge < -0.3 is 14.7 Å². The Kier molecular flexibility index (Phi) is 6.30. The van der Waals surface area contributed by atoms with Crippen LogP contribution in [0.3, 0.4) is 0 Å². The molecule has 1 fully saturated rings. The number of nitrogens with zero attached hydrogens (tertiary/aromatic N) is 1. The van der Waals surface area contributed by atoms with E-state index in [0.29, 0.717) is 40.6 Å². The summed E-state index contributed by atoms with van der Waals surface area (Å²) in [6, 6.07) is 19.2. The van der Waals surface area contributed by atoms with E-state index in [2.05, 4.69) is 0 Å². The first-order valence-corrected chi connectivity index (χ1v) is 12.2. The lowest BCUT2D eigenvalue weighted by molar-refractivity contribution is -0.139. The van der Waals surface area contributed by atoms with Crippen LogP contribution < -0.4 is 4.74 Å². The molecule has 0 aromatic heterocycles. The minimum Gasteiger partial charge on any atom is -0.507 e. The number of fused-ring (bicyclic) bond motifs is 1. The Morgan fingerprint density at radius 1 is 1.03 bits per heavy atom. The Morgan fingerprint density at radius 3 is 2.54 bits per heavy atom. The van der Waals surface area contributed by atoms with Crippen molar-refractivity contribution in [3.05, 3.63) is 105 Å². The first kappa shape index (κ1) is 23.5. The lowest BCUT2D eigenvalue weighted by Crippen LogP contribution is -2.31. The predicted octanol–water partition coefficient (Wildman–Crippen LogP) is 5.98. The van der Waals surface area contributed by atoms with E-state index in [0.717, 1.165) is 16.9 Å². The Balaban J connectivity index is 1.59. The molecule has 5 rings (SSSR count). The van der Waals surface area contributed by atoms with Crippen molar-refractivity contribution >= 4 is 40.7 Å². The first-order valence-electron chi connectivity index (χ1n) is 11.4. The molecule has 1 amide bonds. The zero-order chi connectivity index (χ0) is 24.7. The van der Waals surface area contributed by atoms with Crippen LogP contribution >= 0.6 is 23.2 Å². The van der Waals surface area contributed by atoms with Crippen LogP contribution in [0.5, 0.6) is 5.75 Å². The van der Waals surface area contributed by atoms with E-state index in [1.807, 2.05) is 43.3 Å². The van der Waals surface area contributed by atoms with Gasteiger partial charge in [0.2, 0.25) is 0 Å². The molecular weight excluding hydrogens is 485 g/mol. The highest BCUT2D eigenvalue weighted by Gasteiger charge is 2.46. The first-order chi connectivity index (χ1) is 16.8. The van der Waals surface area contributed by atoms with Crippen molar-refractivity contribution in [2.75, 3.05) is 6.54 Å². The molecule has 0 aliphatic carbocycles. The van der Waals surface area contributed by atoms with Gasteiger partial charge in [0, 0.05) is 18.5 Å². The van der Waals surface area contributed by atoms with Gasteiger partial charge in [-0.1, -0.05) is 59.6 Å². The highest BCUT2D eigenvalue weighted by molar-refractivity contribution is 6.46. The number of amides is 1. The predicted molar refractivity (Wildman–Crippen MR) is 136 cm³/mol. The van der Waals surface area contributed by atoms with Gasteiger partial charge in [0.15, 0.2) is 0 Å². The summed E-state index contributed by atoms with van der Waals surface area (Å²) in [6.07, 6.45) is 1.31. The van der Waals surface area contributed by atoms with Gasteiger partial charge >= 0.3 is 0 Å². The lowest BCUT2D eigenvalue weighted by atomic mass is 9.94. The molecule has 178 valence electrons. The maximum Gasteiger partial charge on any atom is 0.295 e. The van der Waals surface area contributed by atoms with Crippen molar-refractivity contribution < 1.29 is 19.4 Å². The van der Waals surface area contributed by atoms with Gasteiger partial charge in [0.25, 0.3) is 11.7 Å². The summed E-state index contributed by atoms with van der Waals surface area (Å²) < 4.78 is 5.76. The zero-order valence-electron chi connectivity index (χ0n) is 19.0. The fraction of sp³-hybridized carbons (Fsp3) is 0.214. The minimum absolute atomic E-state index is 0.0355. The summed E-state index contributed by atoms with van der Waals surface area (Å²) in [7, 11) is 0. The highest BCUT2D eigenvalue weighted by atomic mass is 35.5. The number of rotatable bonds is 5. The lowest BCUT2D eigenvalue weighted by Gasteiger charge is -2.25. The molecule has 2 aliphatic rings. The molecular formula is C28H23Cl2NO4. The van der Waals surface area contributed by atoms with Crippen LogP contribution in [-0.2, 0) is 22.4 Å². The largest absolute Gasteiger partial charge is 0.507 e. The summed E-state index contributed by atoms with van der Waals surface area (Å²) in [6.45, 7) is 2.27. The average Bonchev–Trinajstić information content (AvgIpc) is 3.35. The van der Waals surface area contributed by atoms with Crippen molar-refractivity contribution in [1.82, 2.24) is 4.90 Å².